The van der Waals surface area contributed by atoms with Crippen LogP contribution in [0.2, 0.25) is 0 Å². The Bertz CT molecular complexity index is 469. The Kier molecular flexibility index (Phi) is 7.76. The summed E-state index contributed by atoms with van der Waals surface area (Å²) in [5, 5.41) is 6.79. The van der Waals surface area contributed by atoms with Crippen molar-refractivity contribution in [2.24, 2.45) is 10.9 Å². The van der Waals surface area contributed by atoms with Crippen molar-refractivity contribution in [3.63, 3.8) is 0 Å². The molecule has 0 spiro atoms. The minimum atomic E-state index is 0.573. The molecule has 2 N–H and O–H groups in total. The minimum absolute atomic E-state index is 0.573. The molecule has 1 aromatic rings. The predicted octanol–water partition coefficient (Wildman–Crippen LogP) is 2.67. The average Bonchev–Trinajstić information content (AvgIpc) is 3.37. The SMILES string of the molecule is CCNC(=NCC(C1CC1)N(C)C)NCCSc1ccccc1. The molecule has 2 rings (SSSR count). The van der Waals surface area contributed by atoms with Gasteiger partial charge < -0.3 is 15.5 Å². The monoisotopic (exact) mass is 334 g/mol. The molecule has 23 heavy (non-hydrogen) atoms. The summed E-state index contributed by atoms with van der Waals surface area (Å²) in [4.78, 5) is 8.42. The Morgan fingerprint density at radius 1 is 1.26 bits per heavy atom. The van der Waals surface area contributed by atoms with Gasteiger partial charge in [0.2, 0.25) is 0 Å². The zero-order chi connectivity index (χ0) is 16.5. The van der Waals surface area contributed by atoms with Crippen molar-refractivity contribution < 1.29 is 0 Å². The second kappa shape index (κ2) is 9.83. The molecule has 0 heterocycles. The van der Waals surface area contributed by atoms with Gasteiger partial charge in [0, 0.05) is 29.8 Å². The van der Waals surface area contributed by atoms with Crippen LogP contribution in [0.1, 0.15) is 19.8 Å². The summed E-state index contributed by atoms with van der Waals surface area (Å²) in [5.74, 6) is 2.81. The van der Waals surface area contributed by atoms with Crippen molar-refractivity contribution in [3.8, 4) is 0 Å². The molecule has 0 saturated heterocycles. The molecule has 1 aliphatic rings. The maximum Gasteiger partial charge on any atom is 0.191 e. The Hall–Kier alpha value is -1.20. The molecule has 1 unspecified atom stereocenters. The molecule has 1 atom stereocenters. The Morgan fingerprint density at radius 3 is 2.61 bits per heavy atom. The number of thioether (sulfide) groups is 1. The van der Waals surface area contributed by atoms with Crippen LogP contribution in [0.5, 0.6) is 0 Å². The number of nitrogens with one attached hydrogen (secondary N) is 2. The first-order chi connectivity index (χ1) is 11.2. The summed E-state index contributed by atoms with van der Waals surface area (Å²) in [6, 6.07) is 11.1. The van der Waals surface area contributed by atoms with Crippen LogP contribution in [0.25, 0.3) is 0 Å². The Balaban J connectivity index is 1.74. The lowest BCUT2D eigenvalue weighted by Crippen LogP contribution is -2.40. The van der Waals surface area contributed by atoms with Crippen LogP contribution in [-0.4, -0.2) is 56.4 Å². The summed E-state index contributed by atoms with van der Waals surface area (Å²) in [5.41, 5.74) is 0. The second-order valence-corrected chi connectivity index (χ2v) is 7.34. The van der Waals surface area contributed by atoms with Gasteiger partial charge in [-0.1, -0.05) is 18.2 Å². The van der Waals surface area contributed by atoms with Gasteiger partial charge in [0.05, 0.1) is 6.54 Å². The zero-order valence-corrected chi connectivity index (χ0v) is 15.4. The van der Waals surface area contributed by atoms with E-state index < -0.39 is 0 Å². The van der Waals surface area contributed by atoms with E-state index >= 15 is 0 Å². The van der Waals surface area contributed by atoms with E-state index in [4.69, 9.17) is 4.99 Å². The van der Waals surface area contributed by atoms with Crippen LogP contribution in [0, 0.1) is 5.92 Å². The van der Waals surface area contributed by atoms with Crippen LogP contribution in [0.4, 0.5) is 0 Å². The van der Waals surface area contributed by atoms with Gasteiger partial charge >= 0.3 is 0 Å². The highest BCUT2D eigenvalue weighted by Crippen LogP contribution is 2.34. The van der Waals surface area contributed by atoms with E-state index in [1.54, 1.807) is 0 Å². The molecule has 0 amide bonds. The summed E-state index contributed by atoms with van der Waals surface area (Å²) in [6.07, 6.45) is 2.71. The second-order valence-electron chi connectivity index (χ2n) is 6.18. The topological polar surface area (TPSA) is 39.7 Å². The molecule has 1 aromatic carbocycles. The Labute approximate surface area is 145 Å². The largest absolute Gasteiger partial charge is 0.357 e. The average molecular weight is 335 g/mol. The molecule has 1 fully saturated rings. The van der Waals surface area contributed by atoms with Gasteiger partial charge in [-0.2, -0.15) is 0 Å². The number of rotatable bonds is 9. The van der Waals surface area contributed by atoms with Crippen molar-refractivity contribution in [1.29, 1.82) is 0 Å². The van der Waals surface area contributed by atoms with Crippen molar-refractivity contribution in [1.82, 2.24) is 15.5 Å². The molecular weight excluding hydrogens is 304 g/mol. The maximum absolute atomic E-state index is 4.78. The fourth-order valence-corrected chi connectivity index (χ4v) is 3.39. The highest BCUT2D eigenvalue weighted by atomic mass is 32.2. The van der Waals surface area contributed by atoms with Crippen LogP contribution < -0.4 is 10.6 Å². The lowest BCUT2D eigenvalue weighted by molar-refractivity contribution is 0.271. The molecule has 5 heteroatoms. The fraction of sp³-hybridized carbons (Fsp3) is 0.611. The van der Waals surface area contributed by atoms with E-state index in [1.807, 2.05) is 11.8 Å². The number of hydrogen-bond acceptors (Lipinski definition) is 3. The Morgan fingerprint density at radius 2 is 2.00 bits per heavy atom. The van der Waals surface area contributed by atoms with Crippen molar-refractivity contribution >= 4 is 17.7 Å². The van der Waals surface area contributed by atoms with Crippen molar-refractivity contribution in [2.45, 2.75) is 30.7 Å². The molecule has 1 saturated carbocycles. The van der Waals surface area contributed by atoms with Gasteiger partial charge in [-0.05, 0) is 51.9 Å². The van der Waals surface area contributed by atoms with Crippen molar-refractivity contribution in [3.05, 3.63) is 30.3 Å². The standard InChI is InChI=1S/C18H30N4S/c1-4-19-18(21-14-17(22(2)3)15-10-11-15)20-12-13-23-16-8-6-5-7-9-16/h5-9,15,17H,4,10-14H2,1-3H3,(H2,19,20,21). The third-order valence-electron chi connectivity index (χ3n) is 4.02. The normalized spacial score (nSPS) is 16.4. The van der Waals surface area contributed by atoms with Crippen LogP contribution in [0.15, 0.2) is 40.2 Å². The number of nitrogens with zero attached hydrogens (tertiary/aromatic N) is 2. The zero-order valence-electron chi connectivity index (χ0n) is 14.6. The molecule has 1 aliphatic carbocycles. The minimum Gasteiger partial charge on any atom is -0.357 e. The van der Waals surface area contributed by atoms with Crippen LogP contribution >= 0.6 is 11.8 Å². The molecule has 0 bridgehead atoms. The first kappa shape index (κ1) is 18.1. The van der Waals surface area contributed by atoms with Gasteiger partial charge in [0.25, 0.3) is 0 Å². The van der Waals surface area contributed by atoms with Gasteiger partial charge in [0.15, 0.2) is 5.96 Å². The van der Waals surface area contributed by atoms with E-state index in [-0.39, 0.29) is 0 Å². The lowest BCUT2D eigenvalue weighted by atomic mass is 10.2. The molecule has 0 radical (unpaired) electrons. The van der Waals surface area contributed by atoms with E-state index in [0.29, 0.717) is 6.04 Å². The lowest BCUT2D eigenvalue weighted by Gasteiger charge is -2.22. The van der Waals surface area contributed by atoms with E-state index in [1.165, 1.54) is 17.7 Å². The quantitative estimate of drug-likeness (QED) is 0.315. The summed E-state index contributed by atoms with van der Waals surface area (Å²) in [7, 11) is 4.32. The smallest absolute Gasteiger partial charge is 0.191 e. The fourth-order valence-electron chi connectivity index (χ4n) is 2.60. The molecule has 0 aromatic heterocycles. The van der Waals surface area contributed by atoms with Crippen LogP contribution in [0.3, 0.4) is 0 Å². The number of guanidine groups is 1. The van der Waals surface area contributed by atoms with Crippen LogP contribution in [-0.2, 0) is 0 Å². The highest BCUT2D eigenvalue weighted by Gasteiger charge is 2.32. The molecule has 0 aliphatic heterocycles. The first-order valence-corrected chi connectivity index (χ1v) is 9.55. The number of likely N-dealkylation sites (N-methyl/N-ethyl adjacent to an activating group) is 1. The molecule has 128 valence electrons. The van der Waals surface area contributed by atoms with Gasteiger partial charge in [0.1, 0.15) is 0 Å². The number of hydrogen-bond donors (Lipinski definition) is 2. The molecular formula is C18H30N4S. The number of benzene rings is 1. The van der Waals surface area contributed by atoms with Gasteiger partial charge in [-0.15, -0.1) is 11.8 Å². The van der Waals surface area contributed by atoms with E-state index in [9.17, 15) is 0 Å². The third kappa shape index (κ3) is 6.83. The predicted molar refractivity (Wildman–Crippen MR) is 101 cm³/mol. The van der Waals surface area contributed by atoms with E-state index in [2.05, 4.69) is 66.9 Å². The first-order valence-electron chi connectivity index (χ1n) is 8.57. The summed E-state index contributed by atoms with van der Waals surface area (Å²) < 4.78 is 0. The number of aliphatic imine (C=N–C) groups is 1. The maximum atomic E-state index is 4.78. The van der Waals surface area contributed by atoms with E-state index in [0.717, 1.165) is 37.3 Å². The van der Waals surface area contributed by atoms with Gasteiger partial charge in [-0.25, -0.2) is 0 Å². The van der Waals surface area contributed by atoms with Crippen molar-refractivity contribution in [2.75, 3.05) is 39.5 Å². The highest BCUT2D eigenvalue weighted by molar-refractivity contribution is 7.99. The summed E-state index contributed by atoms with van der Waals surface area (Å²) in [6.45, 7) is 4.80. The van der Waals surface area contributed by atoms with Gasteiger partial charge in [-0.3, -0.25) is 4.99 Å². The third-order valence-corrected chi connectivity index (χ3v) is 5.03. The molecule has 4 nitrogen and oxygen atoms in total. The summed E-state index contributed by atoms with van der Waals surface area (Å²) >= 11 is 1.87.